The van der Waals surface area contributed by atoms with Crippen molar-refractivity contribution in [1.82, 2.24) is 14.6 Å². The van der Waals surface area contributed by atoms with Crippen LogP contribution in [0.5, 0.6) is 0 Å². The monoisotopic (exact) mass is 237 g/mol. The maximum atomic E-state index is 4.53. The molecule has 0 fully saturated rings. The van der Waals surface area contributed by atoms with Crippen molar-refractivity contribution < 1.29 is 0 Å². The minimum Gasteiger partial charge on any atom is -0.236 e. The van der Waals surface area contributed by atoms with Crippen LogP contribution >= 0.6 is 0 Å². The second-order valence-electron chi connectivity index (χ2n) is 4.73. The first kappa shape index (κ1) is 11.0. The molecule has 0 saturated heterocycles. The van der Waals surface area contributed by atoms with Gasteiger partial charge in [-0.15, -0.1) is 0 Å². The molecule has 2 aromatic heterocycles. The van der Waals surface area contributed by atoms with Gasteiger partial charge in [0, 0.05) is 18.0 Å². The van der Waals surface area contributed by atoms with Gasteiger partial charge in [0.1, 0.15) is 0 Å². The lowest BCUT2D eigenvalue weighted by Gasteiger charge is -2.06. The third-order valence-electron chi connectivity index (χ3n) is 3.13. The quantitative estimate of drug-likeness (QED) is 0.682. The maximum absolute atomic E-state index is 4.53. The average Bonchev–Trinajstić information content (AvgIpc) is 2.86. The standard InChI is InChI=1S/C15H15N3/c1-11(2)12-3-5-13(6-4-12)14-7-8-15-16-9-10-18(15)17-14/h3-11H,1-2H3. The van der Waals surface area contributed by atoms with E-state index in [4.69, 9.17) is 0 Å². The second-order valence-corrected chi connectivity index (χ2v) is 4.73. The molecule has 0 unspecified atom stereocenters. The molecule has 0 aliphatic rings. The zero-order valence-electron chi connectivity index (χ0n) is 10.5. The zero-order valence-corrected chi connectivity index (χ0v) is 10.5. The van der Waals surface area contributed by atoms with Crippen molar-refractivity contribution >= 4 is 5.65 Å². The maximum Gasteiger partial charge on any atom is 0.153 e. The first-order valence-corrected chi connectivity index (χ1v) is 6.15. The van der Waals surface area contributed by atoms with E-state index >= 15 is 0 Å². The van der Waals surface area contributed by atoms with E-state index in [1.165, 1.54) is 5.56 Å². The van der Waals surface area contributed by atoms with Gasteiger partial charge in [0.05, 0.1) is 5.69 Å². The summed E-state index contributed by atoms with van der Waals surface area (Å²) >= 11 is 0. The molecule has 0 amide bonds. The average molecular weight is 237 g/mol. The summed E-state index contributed by atoms with van der Waals surface area (Å²) in [6.45, 7) is 4.40. The summed E-state index contributed by atoms with van der Waals surface area (Å²) in [5.41, 5.74) is 4.32. The van der Waals surface area contributed by atoms with E-state index in [0.29, 0.717) is 5.92 Å². The first-order chi connectivity index (χ1) is 8.74. The molecule has 3 heteroatoms. The van der Waals surface area contributed by atoms with Crippen molar-refractivity contribution in [2.24, 2.45) is 0 Å². The highest BCUT2D eigenvalue weighted by molar-refractivity contribution is 5.60. The topological polar surface area (TPSA) is 30.2 Å². The van der Waals surface area contributed by atoms with Gasteiger partial charge in [-0.1, -0.05) is 38.1 Å². The molecule has 0 bridgehead atoms. The predicted molar refractivity (Wildman–Crippen MR) is 72.5 cm³/mol. The lowest BCUT2D eigenvalue weighted by Crippen LogP contribution is -1.93. The van der Waals surface area contributed by atoms with Crippen LogP contribution in [0.25, 0.3) is 16.9 Å². The highest BCUT2D eigenvalue weighted by Crippen LogP contribution is 2.21. The normalized spacial score (nSPS) is 11.3. The molecule has 3 rings (SSSR count). The first-order valence-electron chi connectivity index (χ1n) is 6.15. The van der Waals surface area contributed by atoms with E-state index < -0.39 is 0 Å². The van der Waals surface area contributed by atoms with Crippen LogP contribution in [0.3, 0.4) is 0 Å². The van der Waals surface area contributed by atoms with Gasteiger partial charge in [-0.25, -0.2) is 9.50 Å². The van der Waals surface area contributed by atoms with Crippen LogP contribution in [0.4, 0.5) is 0 Å². The third kappa shape index (κ3) is 1.88. The molecule has 0 atom stereocenters. The van der Waals surface area contributed by atoms with E-state index in [9.17, 15) is 0 Å². The molecule has 90 valence electrons. The lowest BCUT2D eigenvalue weighted by atomic mass is 10.0. The van der Waals surface area contributed by atoms with Crippen molar-refractivity contribution in [1.29, 1.82) is 0 Å². The van der Waals surface area contributed by atoms with Crippen molar-refractivity contribution in [3.05, 3.63) is 54.4 Å². The third-order valence-corrected chi connectivity index (χ3v) is 3.13. The van der Waals surface area contributed by atoms with Gasteiger partial charge in [-0.3, -0.25) is 0 Å². The number of nitrogens with zero attached hydrogens (tertiary/aromatic N) is 3. The molecule has 0 N–H and O–H groups in total. The van der Waals surface area contributed by atoms with E-state index in [-0.39, 0.29) is 0 Å². The molecule has 0 spiro atoms. The number of aromatic nitrogens is 3. The van der Waals surface area contributed by atoms with Crippen LogP contribution in [-0.4, -0.2) is 14.6 Å². The number of hydrogen-bond donors (Lipinski definition) is 0. The molecule has 18 heavy (non-hydrogen) atoms. The minimum absolute atomic E-state index is 0.558. The number of fused-ring (bicyclic) bond motifs is 1. The smallest absolute Gasteiger partial charge is 0.153 e. The fourth-order valence-electron chi connectivity index (χ4n) is 2.01. The highest BCUT2D eigenvalue weighted by Gasteiger charge is 2.03. The molecule has 3 nitrogen and oxygen atoms in total. The number of hydrogen-bond acceptors (Lipinski definition) is 2. The van der Waals surface area contributed by atoms with Crippen molar-refractivity contribution in [2.45, 2.75) is 19.8 Å². The molecular weight excluding hydrogens is 222 g/mol. The second kappa shape index (κ2) is 4.26. The Morgan fingerprint density at radius 3 is 2.50 bits per heavy atom. The summed E-state index contributed by atoms with van der Waals surface area (Å²) in [6, 6.07) is 12.6. The summed E-state index contributed by atoms with van der Waals surface area (Å²) in [6.07, 6.45) is 3.62. The SMILES string of the molecule is CC(C)c1ccc(-c2ccc3nccn3n2)cc1. The summed E-state index contributed by atoms with van der Waals surface area (Å²) in [7, 11) is 0. The summed E-state index contributed by atoms with van der Waals surface area (Å²) < 4.78 is 1.80. The lowest BCUT2D eigenvalue weighted by molar-refractivity contribution is 0.866. The van der Waals surface area contributed by atoms with Crippen LogP contribution in [-0.2, 0) is 0 Å². The molecule has 0 aliphatic heterocycles. The van der Waals surface area contributed by atoms with Crippen LogP contribution < -0.4 is 0 Å². The Balaban J connectivity index is 2.02. The Labute approximate surface area is 106 Å². The molecule has 0 radical (unpaired) electrons. The summed E-state index contributed by atoms with van der Waals surface area (Å²) in [4.78, 5) is 4.19. The van der Waals surface area contributed by atoms with Crippen LogP contribution in [0, 0.1) is 0 Å². The minimum atomic E-state index is 0.558. The van der Waals surface area contributed by atoms with Gasteiger partial charge in [0.15, 0.2) is 5.65 Å². The summed E-state index contributed by atoms with van der Waals surface area (Å²) in [5.74, 6) is 0.558. The van der Waals surface area contributed by atoms with Gasteiger partial charge >= 0.3 is 0 Å². The number of benzene rings is 1. The number of imidazole rings is 1. The molecule has 1 aromatic carbocycles. The Kier molecular flexibility index (Phi) is 2.59. The van der Waals surface area contributed by atoms with Crippen LogP contribution in [0.2, 0.25) is 0 Å². The Morgan fingerprint density at radius 2 is 1.78 bits per heavy atom. The molecule has 2 heterocycles. The predicted octanol–water partition coefficient (Wildman–Crippen LogP) is 3.52. The summed E-state index contributed by atoms with van der Waals surface area (Å²) in [5, 5.41) is 4.53. The molecule has 0 saturated carbocycles. The van der Waals surface area contributed by atoms with Gasteiger partial charge in [0.2, 0.25) is 0 Å². The van der Waals surface area contributed by atoms with Gasteiger partial charge < -0.3 is 0 Å². The molecule has 3 aromatic rings. The van der Waals surface area contributed by atoms with E-state index in [1.807, 2.05) is 18.3 Å². The Bertz CT molecular complexity index is 666. The fraction of sp³-hybridized carbons (Fsp3) is 0.200. The van der Waals surface area contributed by atoms with Crippen LogP contribution in [0.15, 0.2) is 48.8 Å². The molecule has 0 aliphatic carbocycles. The van der Waals surface area contributed by atoms with Crippen molar-refractivity contribution in [2.75, 3.05) is 0 Å². The fourth-order valence-corrected chi connectivity index (χ4v) is 2.01. The van der Waals surface area contributed by atoms with Gasteiger partial charge in [0.25, 0.3) is 0 Å². The van der Waals surface area contributed by atoms with Crippen molar-refractivity contribution in [3.63, 3.8) is 0 Å². The van der Waals surface area contributed by atoms with Crippen molar-refractivity contribution in [3.8, 4) is 11.3 Å². The van der Waals surface area contributed by atoms with Gasteiger partial charge in [-0.2, -0.15) is 5.10 Å². The van der Waals surface area contributed by atoms with E-state index in [0.717, 1.165) is 16.9 Å². The van der Waals surface area contributed by atoms with E-state index in [1.54, 1.807) is 10.7 Å². The Hall–Kier alpha value is -2.16. The highest BCUT2D eigenvalue weighted by atomic mass is 15.2. The van der Waals surface area contributed by atoms with Gasteiger partial charge in [-0.05, 0) is 23.6 Å². The Morgan fingerprint density at radius 1 is 1.00 bits per heavy atom. The largest absolute Gasteiger partial charge is 0.236 e. The van der Waals surface area contributed by atoms with E-state index in [2.05, 4.69) is 48.2 Å². The zero-order chi connectivity index (χ0) is 12.5. The van der Waals surface area contributed by atoms with Crippen LogP contribution in [0.1, 0.15) is 25.3 Å². The molecular formula is C15H15N3. The number of rotatable bonds is 2.